The molecule has 1 aliphatic carbocycles. The van der Waals surface area contributed by atoms with E-state index in [1.165, 1.54) is 0 Å². The average Bonchev–Trinajstić information content (AvgIpc) is 2.49. The first-order chi connectivity index (χ1) is 8.75. The first-order valence-electron chi connectivity index (χ1n) is 7.81. The van der Waals surface area contributed by atoms with E-state index in [4.69, 9.17) is 5.73 Å². The fourth-order valence-electron chi connectivity index (χ4n) is 3.94. The Balaban J connectivity index is 2.18. The van der Waals surface area contributed by atoms with Crippen LogP contribution in [-0.2, 0) is 4.79 Å². The Bertz CT molecular complexity index is 351. The van der Waals surface area contributed by atoms with Crippen LogP contribution in [0.4, 0.5) is 0 Å². The van der Waals surface area contributed by atoms with E-state index in [0.717, 1.165) is 19.4 Å². The van der Waals surface area contributed by atoms with E-state index in [-0.39, 0.29) is 5.54 Å². The number of nitrogens with two attached hydrogens (primary N) is 1. The zero-order valence-corrected chi connectivity index (χ0v) is 13.1. The highest BCUT2D eigenvalue weighted by molar-refractivity contribution is 5.77. The quantitative estimate of drug-likeness (QED) is 0.835. The van der Waals surface area contributed by atoms with E-state index >= 15 is 0 Å². The van der Waals surface area contributed by atoms with Crippen LogP contribution in [0.25, 0.3) is 0 Å². The molecule has 2 fully saturated rings. The van der Waals surface area contributed by atoms with Gasteiger partial charge in [-0.1, -0.05) is 20.8 Å². The fraction of sp³-hybridized carbons (Fsp3) is 0.938. The number of amides is 1. The molecule has 1 saturated heterocycles. The Labute approximate surface area is 117 Å². The minimum absolute atomic E-state index is 0.0525. The lowest BCUT2D eigenvalue weighted by Gasteiger charge is -2.41. The maximum absolute atomic E-state index is 12.6. The van der Waals surface area contributed by atoms with Crippen molar-refractivity contribution in [3.8, 4) is 0 Å². The Hall–Kier alpha value is -0.570. The zero-order valence-electron chi connectivity index (χ0n) is 13.1. The van der Waals surface area contributed by atoms with Gasteiger partial charge in [0.1, 0.15) is 0 Å². The van der Waals surface area contributed by atoms with E-state index in [0.29, 0.717) is 42.0 Å². The molecule has 0 aromatic carbocycles. The molecule has 2 rings (SSSR count). The zero-order chi connectivity index (χ0) is 14.4. The Morgan fingerprint density at radius 2 is 1.95 bits per heavy atom. The minimum Gasteiger partial charge on any atom is -0.337 e. The van der Waals surface area contributed by atoms with Crippen molar-refractivity contribution in [2.75, 3.05) is 6.54 Å². The number of likely N-dealkylation sites (tertiary alicyclic amines) is 1. The van der Waals surface area contributed by atoms with Crippen molar-refractivity contribution in [3.05, 3.63) is 0 Å². The lowest BCUT2D eigenvalue weighted by Crippen LogP contribution is -2.51. The predicted octanol–water partition coefficient (Wildman–Crippen LogP) is 2.64. The minimum atomic E-state index is -0.0525. The van der Waals surface area contributed by atoms with E-state index < -0.39 is 0 Å². The van der Waals surface area contributed by atoms with E-state index in [9.17, 15) is 4.79 Å². The van der Waals surface area contributed by atoms with E-state index in [1.54, 1.807) is 0 Å². The van der Waals surface area contributed by atoms with Crippen LogP contribution in [0, 0.1) is 23.7 Å². The number of carbonyl (C=O) groups is 1. The molecule has 1 aliphatic heterocycles. The molecule has 1 amide bonds. The molecule has 1 saturated carbocycles. The van der Waals surface area contributed by atoms with Crippen molar-refractivity contribution in [1.29, 1.82) is 0 Å². The smallest absolute Gasteiger partial charge is 0.223 e. The van der Waals surface area contributed by atoms with Gasteiger partial charge in [0.25, 0.3) is 0 Å². The highest BCUT2D eigenvalue weighted by Crippen LogP contribution is 2.43. The Morgan fingerprint density at radius 1 is 1.32 bits per heavy atom. The maximum Gasteiger partial charge on any atom is 0.223 e. The largest absolute Gasteiger partial charge is 0.337 e. The van der Waals surface area contributed by atoms with E-state index in [1.807, 2.05) is 0 Å². The highest BCUT2D eigenvalue weighted by Gasteiger charge is 2.45. The van der Waals surface area contributed by atoms with Crippen molar-refractivity contribution in [1.82, 2.24) is 4.90 Å². The van der Waals surface area contributed by atoms with Crippen molar-refractivity contribution in [2.24, 2.45) is 29.4 Å². The summed E-state index contributed by atoms with van der Waals surface area (Å²) in [6.07, 6.45) is 2.88. The normalized spacial score (nSPS) is 36.6. The molecule has 19 heavy (non-hydrogen) atoms. The SMILES string of the molecule is CC1CC(N)C2CCN(C(C)(C)C(C)C)C(=O)CC12. The Kier molecular flexibility index (Phi) is 3.97. The molecule has 3 nitrogen and oxygen atoms in total. The molecule has 2 N–H and O–H groups in total. The molecule has 0 aromatic rings. The van der Waals surface area contributed by atoms with Crippen molar-refractivity contribution >= 4 is 5.91 Å². The number of rotatable bonds is 2. The van der Waals surface area contributed by atoms with Gasteiger partial charge in [-0.05, 0) is 50.4 Å². The summed E-state index contributed by atoms with van der Waals surface area (Å²) >= 11 is 0. The summed E-state index contributed by atoms with van der Waals surface area (Å²) in [5, 5.41) is 0. The second-order valence-corrected chi connectivity index (χ2v) is 7.55. The molecule has 0 spiro atoms. The van der Waals surface area contributed by atoms with Gasteiger partial charge in [0.2, 0.25) is 5.91 Å². The molecule has 4 unspecified atom stereocenters. The first kappa shape index (κ1) is 14.8. The van der Waals surface area contributed by atoms with Crippen LogP contribution in [0.2, 0.25) is 0 Å². The Morgan fingerprint density at radius 3 is 2.53 bits per heavy atom. The predicted molar refractivity (Wildman–Crippen MR) is 78.6 cm³/mol. The summed E-state index contributed by atoms with van der Waals surface area (Å²) in [5.74, 6) is 2.47. The number of hydrogen-bond donors (Lipinski definition) is 1. The number of nitrogens with zero attached hydrogens (tertiary/aromatic N) is 1. The third kappa shape index (κ3) is 2.54. The highest BCUT2D eigenvalue weighted by atomic mass is 16.2. The summed E-state index contributed by atoms with van der Waals surface area (Å²) in [6, 6.07) is 0.301. The second-order valence-electron chi connectivity index (χ2n) is 7.55. The van der Waals surface area contributed by atoms with Crippen LogP contribution >= 0.6 is 0 Å². The van der Waals surface area contributed by atoms with Crippen LogP contribution in [0.5, 0.6) is 0 Å². The van der Waals surface area contributed by atoms with Gasteiger partial charge in [0.15, 0.2) is 0 Å². The third-order valence-electron chi connectivity index (χ3n) is 5.98. The lowest BCUT2D eigenvalue weighted by molar-refractivity contribution is -0.138. The van der Waals surface area contributed by atoms with Gasteiger partial charge in [-0.15, -0.1) is 0 Å². The number of hydrogen-bond acceptors (Lipinski definition) is 2. The van der Waals surface area contributed by atoms with Crippen LogP contribution in [0.3, 0.4) is 0 Å². The molecule has 110 valence electrons. The van der Waals surface area contributed by atoms with Crippen molar-refractivity contribution in [3.63, 3.8) is 0 Å². The van der Waals surface area contributed by atoms with Crippen LogP contribution in [0.1, 0.15) is 53.9 Å². The van der Waals surface area contributed by atoms with Gasteiger partial charge in [0, 0.05) is 24.5 Å². The van der Waals surface area contributed by atoms with Crippen LogP contribution < -0.4 is 5.73 Å². The van der Waals surface area contributed by atoms with Gasteiger partial charge in [-0.25, -0.2) is 0 Å². The van der Waals surface area contributed by atoms with Crippen molar-refractivity contribution < 1.29 is 4.79 Å². The number of carbonyl (C=O) groups excluding carboxylic acids is 1. The van der Waals surface area contributed by atoms with Crippen molar-refractivity contribution in [2.45, 2.75) is 65.5 Å². The molecule has 0 bridgehead atoms. The summed E-state index contributed by atoms with van der Waals surface area (Å²) < 4.78 is 0. The summed E-state index contributed by atoms with van der Waals surface area (Å²) in [7, 11) is 0. The van der Waals surface area contributed by atoms with Gasteiger partial charge in [-0.3, -0.25) is 4.79 Å². The summed E-state index contributed by atoms with van der Waals surface area (Å²) in [4.78, 5) is 14.8. The third-order valence-corrected chi connectivity index (χ3v) is 5.98. The van der Waals surface area contributed by atoms with Gasteiger partial charge in [-0.2, -0.15) is 0 Å². The maximum atomic E-state index is 12.6. The molecule has 0 radical (unpaired) electrons. The van der Waals surface area contributed by atoms with Gasteiger partial charge in [0.05, 0.1) is 0 Å². The molecule has 2 aliphatic rings. The fourth-order valence-corrected chi connectivity index (χ4v) is 3.94. The molecular formula is C16H30N2O. The summed E-state index contributed by atoms with van der Waals surface area (Å²) in [5.41, 5.74) is 6.23. The van der Waals surface area contributed by atoms with Crippen LogP contribution in [0.15, 0.2) is 0 Å². The standard InChI is InChI=1S/C16H30N2O/c1-10(2)16(4,5)18-7-6-12-13(9-15(18)19)11(3)8-14(12)17/h10-14H,6-9,17H2,1-5H3. The molecule has 4 atom stereocenters. The van der Waals surface area contributed by atoms with Crippen LogP contribution in [-0.4, -0.2) is 28.9 Å². The molecule has 0 aromatic heterocycles. The summed E-state index contributed by atoms with van der Waals surface area (Å²) in [6.45, 7) is 11.9. The topological polar surface area (TPSA) is 46.3 Å². The lowest BCUT2D eigenvalue weighted by atomic mass is 9.85. The molecule has 1 heterocycles. The van der Waals surface area contributed by atoms with E-state index in [2.05, 4.69) is 39.5 Å². The second kappa shape index (κ2) is 5.08. The van der Waals surface area contributed by atoms with Gasteiger partial charge >= 0.3 is 0 Å². The number of fused-ring (bicyclic) bond motifs is 1. The molecule has 3 heteroatoms. The average molecular weight is 266 g/mol. The first-order valence-corrected chi connectivity index (χ1v) is 7.81. The monoisotopic (exact) mass is 266 g/mol. The van der Waals surface area contributed by atoms with Gasteiger partial charge < -0.3 is 10.6 Å². The molecular weight excluding hydrogens is 236 g/mol.